The Labute approximate surface area is 185 Å². The van der Waals surface area contributed by atoms with E-state index in [0.717, 1.165) is 22.9 Å². The van der Waals surface area contributed by atoms with Crippen molar-refractivity contribution in [2.24, 2.45) is 0 Å². The van der Waals surface area contributed by atoms with Crippen molar-refractivity contribution in [1.29, 1.82) is 0 Å². The van der Waals surface area contributed by atoms with Gasteiger partial charge in [-0.25, -0.2) is 8.42 Å². The zero-order valence-corrected chi connectivity index (χ0v) is 18.4. The lowest BCUT2D eigenvalue weighted by Crippen LogP contribution is -2.49. The summed E-state index contributed by atoms with van der Waals surface area (Å²) in [7, 11) is -3.91. The predicted octanol–water partition coefficient (Wildman–Crippen LogP) is 3.59. The number of rotatable bonds is 5. The molecule has 1 aromatic heterocycles. The number of amides is 2. The molecule has 2 aliphatic rings. The van der Waals surface area contributed by atoms with Crippen molar-refractivity contribution in [1.82, 2.24) is 4.31 Å². The summed E-state index contributed by atoms with van der Waals surface area (Å²) < 4.78 is 32.4. The average Bonchev–Trinajstić information content (AvgIpc) is 3.44. The van der Waals surface area contributed by atoms with Crippen molar-refractivity contribution < 1.29 is 22.4 Å². The van der Waals surface area contributed by atoms with Gasteiger partial charge in [0.05, 0.1) is 12.0 Å². The SMILES string of the molecule is CCN1C(=O)c2cccc3c(NC(=O)C4CCCCN4S(=O)(=O)c4ccco4)ccc1c23. The molecule has 1 unspecified atom stereocenters. The fourth-order valence-electron chi connectivity index (χ4n) is 4.67. The van der Waals surface area contributed by atoms with Gasteiger partial charge in [0.1, 0.15) is 6.04 Å². The minimum atomic E-state index is -3.91. The molecule has 2 amide bonds. The monoisotopic (exact) mass is 453 g/mol. The molecular weight excluding hydrogens is 430 g/mol. The van der Waals surface area contributed by atoms with E-state index in [-0.39, 0.29) is 17.5 Å². The Hall–Kier alpha value is -3.17. The first-order valence-corrected chi connectivity index (χ1v) is 12.1. The molecule has 8 nitrogen and oxygen atoms in total. The standard InChI is InChI=1S/C23H23N3O5S/c1-2-25-18-12-11-17(15-7-5-8-16(21(15)18)23(25)28)24-22(27)19-9-3-4-13-26(19)32(29,30)20-10-6-14-31-20/h5-8,10-12,14,19H,2-4,9,13H2,1H3,(H,24,27). The van der Waals surface area contributed by atoms with Crippen LogP contribution in [0.5, 0.6) is 0 Å². The Bertz CT molecular complexity index is 1320. The van der Waals surface area contributed by atoms with E-state index in [9.17, 15) is 18.0 Å². The highest BCUT2D eigenvalue weighted by Crippen LogP contribution is 2.40. The minimum absolute atomic E-state index is 0.0560. The van der Waals surface area contributed by atoms with E-state index >= 15 is 0 Å². The highest BCUT2D eigenvalue weighted by atomic mass is 32.2. The summed E-state index contributed by atoms with van der Waals surface area (Å²) >= 11 is 0. The summed E-state index contributed by atoms with van der Waals surface area (Å²) in [5.41, 5.74) is 1.98. The Morgan fingerprint density at radius 1 is 1.16 bits per heavy atom. The lowest BCUT2D eigenvalue weighted by atomic mass is 10.0. The average molecular weight is 454 g/mol. The smallest absolute Gasteiger partial charge is 0.277 e. The minimum Gasteiger partial charge on any atom is -0.452 e. The van der Waals surface area contributed by atoms with Crippen LogP contribution in [0.1, 0.15) is 36.5 Å². The third kappa shape index (κ3) is 3.11. The molecule has 1 saturated heterocycles. The highest BCUT2D eigenvalue weighted by Gasteiger charge is 2.39. The molecule has 5 rings (SSSR count). The summed E-state index contributed by atoms with van der Waals surface area (Å²) in [4.78, 5) is 27.7. The summed E-state index contributed by atoms with van der Waals surface area (Å²) in [6, 6.07) is 11.1. The lowest BCUT2D eigenvalue weighted by Gasteiger charge is -2.33. The van der Waals surface area contributed by atoms with Gasteiger partial charge in [0.25, 0.3) is 15.9 Å². The zero-order valence-electron chi connectivity index (χ0n) is 17.6. The van der Waals surface area contributed by atoms with E-state index in [4.69, 9.17) is 4.42 Å². The van der Waals surface area contributed by atoms with Gasteiger partial charge >= 0.3 is 0 Å². The number of carbonyl (C=O) groups excluding carboxylic acids is 2. The van der Waals surface area contributed by atoms with E-state index in [1.54, 1.807) is 23.1 Å². The normalized spacial score (nSPS) is 19.0. The van der Waals surface area contributed by atoms with Crippen LogP contribution in [0.15, 0.2) is 58.2 Å². The molecule has 32 heavy (non-hydrogen) atoms. The second-order valence-corrected chi connectivity index (χ2v) is 9.78. The Balaban J connectivity index is 1.49. The van der Waals surface area contributed by atoms with Crippen molar-refractivity contribution >= 4 is 44.0 Å². The first-order chi connectivity index (χ1) is 15.4. The van der Waals surface area contributed by atoms with Crippen molar-refractivity contribution in [3.8, 4) is 0 Å². The molecular formula is C23H23N3O5S. The summed E-state index contributed by atoms with van der Waals surface area (Å²) in [6.07, 6.45) is 3.17. The number of carbonyl (C=O) groups is 2. The van der Waals surface area contributed by atoms with E-state index < -0.39 is 22.0 Å². The predicted molar refractivity (Wildman–Crippen MR) is 120 cm³/mol. The van der Waals surface area contributed by atoms with Gasteiger partial charge < -0.3 is 14.6 Å². The molecule has 0 bridgehead atoms. The van der Waals surface area contributed by atoms with Crippen LogP contribution >= 0.6 is 0 Å². The number of hydrogen-bond donors (Lipinski definition) is 1. The van der Waals surface area contributed by atoms with Crippen LogP contribution in [0, 0.1) is 0 Å². The molecule has 0 aliphatic carbocycles. The third-order valence-corrected chi connectivity index (χ3v) is 7.97. The summed E-state index contributed by atoms with van der Waals surface area (Å²) in [5, 5.41) is 4.33. The Morgan fingerprint density at radius 2 is 2.00 bits per heavy atom. The number of piperidine rings is 1. The molecule has 1 N–H and O–H groups in total. The van der Waals surface area contributed by atoms with Gasteiger partial charge in [0, 0.05) is 35.1 Å². The number of anilines is 2. The second-order valence-electron chi connectivity index (χ2n) is 7.96. The van der Waals surface area contributed by atoms with Crippen molar-refractivity contribution in [2.45, 2.75) is 37.3 Å². The first-order valence-electron chi connectivity index (χ1n) is 10.7. The molecule has 1 atom stereocenters. The molecule has 3 aromatic rings. The van der Waals surface area contributed by atoms with Crippen molar-refractivity contribution in [3.05, 3.63) is 54.3 Å². The molecule has 0 spiro atoms. The van der Waals surface area contributed by atoms with E-state index in [1.807, 2.05) is 19.1 Å². The number of nitrogens with one attached hydrogen (secondary N) is 1. The zero-order chi connectivity index (χ0) is 22.5. The third-order valence-electron chi connectivity index (χ3n) is 6.17. The van der Waals surface area contributed by atoms with Crippen LogP contribution in [0.4, 0.5) is 11.4 Å². The number of sulfonamides is 1. The van der Waals surface area contributed by atoms with Gasteiger partial charge in [-0.05, 0) is 50.1 Å². The first kappa shape index (κ1) is 20.7. The van der Waals surface area contributed by atoms with Crippen molar-refractivity contribution in [2.75, 3.05) is 23.3 Å². The number of benzene rings is 2. The molecule has 166 valence electrons. The highest BCUT2D eigenvalue weighted by molar-refractivity contribution is 7.89. The maximum absolute atomic E-state index is 13.3. The van der Waals surface area contributed by atoms with Crippen LogP contribution in [0.2, 0.25) is 0 Å². The Morgan fingerprint density at radius 3 is 2.75 bits per heavy atom. The topological polar surface area (TPSA) is 99.9 Å². The van der Waals surface area contributed by atoms with Crippen LogP contribution in [0.25, 0.3) is 10.8 Å². The number of furan rings is 1. The molecule has 2 aromatic carbocycles. The van der Waals surface area contributed by atoms with Gasteiger partial charge in [-0.15, -0.1) is 0 Å². The summed E-state index contributed by atoms with van der Waals surface area (Å²) in [6.45, 7) is 2.73. The van der Waals surface area contributed by atoms with E-state index in [0.29, 0.717) is 30.6 Å². The molecule has 3 heterocycles. The van der Waals surface area contributed by atoms with Crippen LogP contribution < -0.4 is 10.2 Å². The molecule has 1 fully saturated rings. The summed E-state index contributed by atoms with van der Waals surface area (Å²) in [5.74, 6) is -0.447. The van der Waals surface area contributed by atoms with Crippen LogP contribution in [0.3, 0.4) is 0 Å². The van der Waals surface area contributed by atoms with Crippen LogP contribution in [-0.2, 0) is 14.8 Å². The van der Waals surface area contributed by atoms with Gasteiger partial charge in [-0.1, -0.05) is 18.6 Å². The fourth-order valence-corrected chi connectivity index (χ4v) is 6.23. The van der Waals surface area contributed by atoms with Crippen molar-refractivity contribution in [3.63, 3.8) is 0 Å². The van der Waals surface area contributed by atoms with Gasteiger partial charge in [0.15, 0.2) is 0 Å². The number of nitrogens with zero attached hydrogens (tertiary/aromatic N) is 2. The molecule has 0 radical (unpaired) electrons. The molecule has 2 aliphatic heterocycles. The van der Waals surface area contributed by atoms with Crippen LogP contribution in [-0.4, -0.2) is 43.7 Å². The maximum Gasteiger partial charge on any atom is 0.277 e. The van der Waals surface area contributed by atoms with Gasteiger partial charge in [-0.3, -0.25) is 9.59 Å². The largest absolute Gasteiger partial charge is 0.452 e. The number of hydrogen-bond acceptors (Lipinski definition) is 5. The molecule has 0 saturated carbocycles. The second kappa shape index (κ2) is 7.75. The lowest BCUT2D eigenvalue weighted by molar-refractivity contribution is -0.120. The van der Waals surface area contributed by atoms with Gasteiger partial charge in [0.2, 0.25) is 11.0 Å². The molecule has 9 heteroatoms. The maximum atomic E-state index is 13.3. The van der Waals surface area contributed by atoms with E-state index in [1.165, 1.54) is 22.7 Å². The quantitative estimate of drug-likeness (QED) is 0.636. The van der Waals surface area contributed by atoms with Gasteiger partial charge in [-0.2, -0.15) is 4.31 Å². The fraction of sp³-hybridized carbons (Fsp3) is 0.304. The van der Waals surface area contributed by atoms with E-state index in [2.05, 4.69) is 5.32 Å². The Kier molecular flexibility index (Phi) is 5.02.